The van der Waals surface area contributed by atoms with Gasteiger partial charge in [-0.05, 0) is 160 Å². The highest BCUT2D eigenvalue weighted by molar-refractivity contribution is 6.12. The van der Waals surface area contributed by atoms with Crippen LogP contribution in [0.5, 0.6) is 0 Å². The van der Waals surface area contributed by atoms with Crippen LogP contribution < -0.4 is 0 Å². The summed E-state index contributed by atoms with van der Waals surface area (Å²) in [6.07, 6.45) is 5.51. The maximum Gasteiger partial charge on any atom is 0.160 e. The van der Waals surface area contributed by atoms with Crippen LogP contribution in [-0.2, 0) is 16.2 Å². The lowest BCUT2D eigenvalue weighted by molar-refractivity contribution is 0.657. The van der Waals surface area contributed by atoms with Crippen molar-refractivity contribution in [1.29, 1.82) is 0 Å². The Morgan fingerprint density at radius 2 is 0.470 bits per heavy atom. The summed E-state index contributed by atoms with van der Waals surface area (Å²) in [5.41, 5.74) is 36.2. The van der Waals surface area contributed by atoms with Gasteiger partial charge in [0, 0.05) is 134 Å². The number of benzene rings is 14. The maximum atomic E-state index is 5.25. The molecule has 3 aliphatic rings. The first kappa shape index (κ1) is 78.6. The number of hydrogen-bond acceptors (Lipinski definition) is 9. The molecule has 0 spiro atoms. The van der Waals surface area contributed by atoms with Crippen LogP contribution in [0, 0.1) is 0 Å². The van der Waals surface area contributed by atoms with Crippen LogP contribution in [-0.4, -0.2) is 58.6 Å². The molecule has 0 fully saturated rings. The van der Waals surface area contributed by atoms with Crippen molar-refractivity contribution in [2.24, 2.45) is 0 Å². The molecule has 0 unspecified atom stereocenters. The van der Waals surface area contributed by atoms with E-state index in [1.165, 1.54) is 104 Å². The van der Waals surface area contributed by atoms with Crippen molar-refractivity contribution >= 4 is 65.4 Å². The standard InChI is InChI=1S/2C42H30N4.C36H26N4/c1-42(2)34-26-29(28-15-12-16-30(25-28)46-36-20-8-6-17-31(36)32-18-7-9-21-37(32)46)22-23-33(34)39-38(42)40(35-19-10-11-24-43-35)45-41(44-39)27-13-4-3-5-14-27;1-42(2)34-26-29(27-19-22-30(23-20-27)46-36-17-8-6-14-31(36)32-15-7-9-18-37(32)46)21-24-33(34)39-38(42)40(35-16-10-11-25-43-35)45-41(44-39)28-12-4-3-5-13-28;1-36(2)28-20-19-24(40-30-17-8-6-14-25(30)26-15-7-9-18-31(26)40)22-27(28)33-32(36)34(29-16-10-11-21-37-29)39-35(38-33)23-12-4-3-5-13-23/h2*3-26H,1-2H3;3-22H,1-2H3. The van der Waals surface area contributed by atoms with Crippen LogP contribution in [0.1, 0.15) is 74.9 Å². The first-order chi connectivity index (χ1) is 64.8. The number of aromatic nitrogens is 12. The summed E-state index contributed by atoms with van der Waals surface area (Å²) in [6.45, 7) is 13.7. The molecule has 23 aromatic rings. The molecule has 14 aromatic carbocycles. The molecule has 0 N–H and O–H groups in total. The van der Waals surface area contributed by atoms with Gasteiger partial charge in [-0.2, -0.15) is 0 Å². The average molecular weight is 1700 g/mol. The predicted octanol–water partition coefficient (Wildman–Crippen LogP) is 29.2. The molecule has 0 aliphatic heterocycles. The Bertz CT molecular complexity index is 8350. The minimum absolute atomic E-state index is 0.286. The van der Waals surface area contributed by atoms with Gasteiger partial charge in [0.25, 0.3) is 0 Å². The van der Waals surface area contributed by atoms with Gasteiger partial charge in [0.2, 0.25) is 0 Å². The molecule has 132 heavy (non-hydrogen) atoms. The minimum atomic E-state index is -0.326. The number of rotatable bonds is 11. The average Bonchev–Trinajstić information content (AvgIpc) is 1.55. The van der Waals surface area contributed by atoms with Gasteiger partial charge in [-0.15, -0.1) is 0 Å². The molecule has 0 atom stereocenters. The molecular weight excluding hydrogens is 1610 g/mol. The lowest BCUT2D eigenvalue weighted by Crippen LogP contribution is -2.18. The van der Waals surface area contributed by atoms with Crippen molar-refractivity contribution in [3.63, 3.8) is 0 Å². The molecule has 12 heteroatoms. The van der Waals surface area contributed by atoms with E-state index in [1.807, 2.05) is 128 Å². The Hall–Kier alpha value is -16.8. The van der Waals surface area contributed by atoms with Crippen LogP contribution in [0.4, 0.5) is 0 Å². The van der Waals surface area contributed by atoms with E-state index < -0.39 is 0 Å². The summed E-state index contributed by atoms with van der Waals surface area (Å²) < 4.78 is 7.11. The Morgan fingerprint density at radius 1 is 0.189 bits per heavy atom. The van der Waals surface area contributed by atoms with Gasteiger partial charge in [0.15, 0.2) is 17.5 Å². The Morgan fingerprint density at radius 3 is 0.833 bits per heavy atom. The van der Waals surface area contributed by atoms with Gasteiger partial charge in [-0.1, -0.05) is 315 Å². The normalized spacial score (nSPS) is 13.3. The second kappa shape index (κ2) is 31.3. The fraction of sp³-hybridized carbons (Fsp3) is 0.0750. The Labute approximate surface area is 764 Å². The van der Waals surface area contributed by atoms with Crippen LogP contribution in [0.25, 0.3) is 207 Å². The molecule has 626 valence electrons. The van der Waals surface area contributed by atoms with E-state index in [0.29, 0.717) is 17.5 Å². The van der Waals surface area contributed by atoms with Gasteiger partial charge in [-0.25, -0.2) is 29.9 Å². The van der Waals surface area contributed by atoms with Crippen molar-refractivity contribution in [2.75, 3.05) is 0 Å². The zero-order valence-electron chi connectivity index (χ0n) is 73.6. The van der Waals surface area contributed by atoms with Gasteiger partial charge >= 0.3 is 0 Å². The largest absolute Gasteiger partial charge is 0.309 e. The second-order valence-corrected chi connectivity index (χ2v) is 35.9. The van der Waals surface area contributed by atoms with Crippen LogP contribution in [0.15, 0.2) is 413 Å². The van der Waals surface area contributed by atoms with Crippen molar-refractivity contribution < 1.29 is 0 Å². The third-order valence-electron chi connectivity index (χ3n) is 27.1. The number of pyridine rings is 3. The topological polar surface area (TPSA) is 131 Å². The number of para-hydroxylation sites is 6. The van der Waals surface area contributed by atoms with E-state index in [4.69, 9.17) is 44.9 Å². The molecule has 26 rings (SSSR count). The molecule has 9 aromatic heterocycles. The third-order valence-corrected chi connectivity index (χ3v) is 27.1. The van der Waals surface area contributed by atoms with E-state index in [1.54, 1.807) is 0 Å². The van der Waals surface area contributed by atoms with E-state index in [0.717, 1.165) is 118 Å². The van der Waals surface area contributed by atoms with Gasteiger partial charge in [-0.3, -0.25) is 15.0 Å². The van der Waals surface area contributed by atoms with Crippen molar-refractivity contribution in [1.82, 2.24) is 58.6 Å². The summed E-state index contributed by atoms with van der Waals surface area (Å²) >= 11 is 0. The fourth-order valence-corrected chi connectivity index (χ4v) is 20.9. The monoisotopic (exact) mass is 1690 g/mol. The summed E-state index contributed by atoms with van der Waals surface area (Å²) in [6, 6.07) is 139. The highest BCUT2D eigenvalue weighted by Crippen LogP contribution is 2.56. The van der Waals surface area contributed by atoms with Gasteiger partial charge < -0.3 is 13.7 Å². The van der Waals surface area contributed by atoms with E-state index in [2.05, 4.69) is 340 Å². The summed E-state index contributed by atoms with van der Waals surface area (Å²) in [7, 11) is 0. The van der Waals surface area contributed by atoms with Crippen LogP contribution in [0.3, 0.4) is 0 Å². The third kappa shape index (κ3) is 12.9. The smallest absolute Gasteiger partial charge is 0.160 e. The molecule has 0 radical (unpaired) electrons. The Balaban J connectivity index is 0.000000110. The SMILES string of the molecule is CC1(C)c2cc(-c3ccc(-n4c5ccccc5c5ccccc54)cc3)ccc2-c2nc(-c3ccccc3)nc(-c3ccccn3)c21.CC1(C)c2cc(-c3cccc(-n4c5ccccc5c5ccccc54)c3)ccc2-c2nc(-c3ccccc3)nc(-c3ccccn3)c21.CC1(C)c2ccc(-n3c4ccccc4c4ccccc43)cc2-c2nc(-c3ccccc3)nc(-c3ccccn3)c21. The molecule has 9 heterocycles. The quantitative estimate of drug-likeness (QED) is 0.124. The fourth-order valence-electron chi connectivity index (χ4n) is 20.9. The second-order valence-electron chi connectivity index (χ2n) is 35.9. The maximum absolute atomic E-state index is 5.25. The van der Waals surface area contributed by atoms with Gasteiger partial charge in [0.05, 0.1) is 84.3 Å². The molecule has 0 saturated carbocycles. The lowest BCUT2D eigenvalue weighted by atomic mass is 9.80. The molecule has 0 bridgehead atoms. The highest BCUT2D eigenvalue weighted by Gasteiger charge is 2.44. The molecule has 0 saturated heterocycles. The van der Waals surface area contributed by atoms with Crippen LogP contribution in [0.2, 0.25) is 0 Å². The first-order valence-corrected chi connectivity index (χ1v) is 45.1. The predicted molar refractivity (Wildman–Crippen MR) is 539 cm³/mol. The minimum Gasteiger partial charge on any atom is -0.309 e. The van der Waals surface area contributed by atoms with Crippen molar-refractivity contribution in [3.05, 3.63) is 446 Å². The number of nitrogens with zero attached hydrogens (tertiary/aromatic N) is 12. The van der Waals surface area contributed by atoms with E-state index >= 15 is 0 Å². The van der Waals surface area contributed by atoms with Crippen LogP contribution >= 0.6 is 0 Å². The van der Waals surface area contributed by atoms with Gasteiger partial charge in [0.1, 0.15) is 0 Å². The highest BCUT2D eigenvalue weighted by atomic mass is 15.0. The summed E-state index contributed by atoms with van der Waals surface area (Å²) in [5.74, 6) is 2.14. The zero-order valence-corrected chi connectivity index (χ0v) is 73.6. The number of fused-ring (bicyclic) bond motifs is 18. The molecule has 12 nitrogen and oxygen atoms in total. The summed E-state index contributed by atoms with van der Waals surface area (Å²) in [4.78, 5) is 45.3. The number of hydrogen-bond donors (Lipinski definition) is 0. The molecular formula is C120H86N12. The lowest BCUT2D eigenvalue weighted by Gasteiger charge is -2.24. The molecule has 3 aliphatic carbocycles. The van der Waals surface area contributed by atoms with E-state index in [9.17, 15) is 0 Å². The molecule has 0 amide bonds. The summed E-state index contributed by atoms with van der Waals surface area (Å²) in [5, 5.41) is 7.58. The first-order valence-electron chi connectivity index (χ1n) is 45.1. The van der Waals surface area contributed by atoms with Crippen molar-refractivity contribution in [3.8, 4) is 141 Å². The zero-order chi connectivity index (χ0) is 88.5. The van der Waals surface area contributed by atoms with Crippen molar-refractivity contribution in [2.45, 2.75) is 57.8 Å². The van der Waals surface area contributed by atoms with E-state index in [-0.39, 0.29) is 16.2 Å². The Kier molecular flexibility index (Phi) is 18.6.